The maximum atomic E-state index is 12.9. The molecule has 0 radical (unpaired) electrons. The fraction of sp³-hybridized carbons (Fsp3) is 0.600. The molecule has 3 rings (SSSR count). The molecule has 1 atom stereocenters. The molecule has 2 aliphatic heterocycles. The number of nitrogens with zero attached hydrogens (tertiary/aromatic N) is 3. The molecular formula is C20H24F3N3O5. The lowest BCUT2D eigenvalue weighted by atomic mass is 9.96. The van der Waals surface area contributed by atoms with Crippen LogP contribution >= 0.6 is 0 Å². The fourth-order valence-corrected chi connectivity index (χ4v) is 3.98. The molecule has 0 N–H and O–H groups in total. The van der Waals surface area contributed by atoms with Gasteiger partial charge in [-0.15, -0.1) is 0 Å². The first kappa shape index (κ1) is 22.8. The summed E-state index contributed by atoms with van der Waals surface area (Å²) in [6.45, 7) is 3.36. The number of rotatable bonds is 5. The molecule has 0 aromatic heterocycles. The number of esters is 1. The van der Waals surface area contributed by atoms with Gasteiger partial charge in [-0.3, -0.25) is 19.7 Å². The van der Waals surface area contributed by atoms with E-state index >= 15 is 0 Å². The van der Waals surface area contributed by atoms with Gasteiger partial charge in [0.25, 0.3) is 11.6 Å². The van der Waals surface area contributed by atoms with Gasteiger partial charge in [0.05, 0.1) is 16.4 Å². The Hall–Kier alpha value is -2.85. The number of anilines is 1. The van der Waals surface area contributed by atoms with Gasteiger partial charge in [0, 0.05) is 32.2 Å². The van der Waals surface area contributed by atoms with Gasteiger partial charge in [-0.1, -0.05) is 0 Å². The van der Waals surface area contributed by atoms with Crippen molar-refractivity contribution in [2.24, 2.45) is 5.92 Å². The summed E-state index contributed by atoms with van der Waals surface area (Å²) in [6, 6.07) is 2.44. The zero-order valence-corrected chi connectivity index (χ0v) is 17.1. The second kappa shape index (κ2) is 9.11. The van der Waals surface area contributed by atoms with E-state index < -0.39 is 40.3 Å². The van der Waals surface area contributed by atoms with E-state index in [1.165, 1.54) is 0 Å². The number of carbonyl (C=O) groups is 2. The third-order valence-corrected chi connectivity index (χ3v) is 5.73. The van der Waals surface area contributed by atoms with Crippen molar-refractivity contribution in [1.82, 2.24) is 4.90 Å². The molecule has 0 aliphatic carbocycles. The van der Waals surface area contributed by atoms with E-state index in [2.05, 4.69) is 0 Å². The van der Waals surface area contributed by atoms with Gasteiger partial charge in [0.15, 0.2) is 6.10 Å². The lowest BCUT2D eigenvalue weighted by Gasteiger charge is -2.33. The topological polar surface area (TPSA) is 93.0 Å². The molecule has 170 valence electrons. The molecule has 11 heteroatoms. The Kier molecular flexibility index (Phi) is 6.71. The number of piperidine rings is 1. The largest absolute Gasteiger partial charge is 0.452 e. The molecule has 2 saturated heterocycles. The quantitative estimate of drug-likeness (QED) is 0.394. The van der Waals surface area contributed by atoms with Crippen LogP contribution in [0.1, 0.15) is 38.2 Å². The van der Waals surface area contributed by atoms with E-state index in [1.54, 1.807) is 16.7 Å². The van der Waals surface area contributed by atoms with Crippen LogP contribution in [0.3, 0.4) is 0 Å². The van der Waals surface area contributed by atoms with Crippen molar-refractivity contribution in [2.75, 3.05) is 31.1 Å². The first-order valence-electron chi connectivity index (χ1n) is 10.2. The Balaban J connectivity index is 1.60. The minimum atomic E-state index is -4.68. The number of likely N-dealkylation sites (tertiary alicyclic amines) is 1. The van der Waals surface area contributed by atoms with Crippen molar-refractivity contribution in [1.29, 1.82) is 0 Å². The molecule has 8 nitrogen and oxygen atoms in total. The first-order chi connectivity index (χ1) is 14.6. The van der Waals surface area contributed by atoms with Gasteiger partial charge < -0.3 is 14.5 Å². The zero-order chi connectivity index (χ0) is 22.8. The number of hydrogen-bond donors (Lipinski definition) is 0. The summed E-state index contributed by atoms with van der Waals surface area (Å²) in [5, 5.41) is 11.3. The second-order valence-electron chi connectivity index (χ2n) is 7.83. The van der Waals surface area contributed by atoms with Crippen LogP contribution < -0.4 is 4.90 Å². The predicted octanol–water partition coefficient (Wildman–Crippen LogP) is 3.38. The van der Waals surface area contributed by atoms with Crippen molar-refractivity contribution < 1.29 is 32.4 Å². The molecule has 31 heavy (non-hydrogen) atoms. The van der Waals surface area contributed by atoms with Crippen molar-refractivity contribution in [2.45, 2.75) is 44.9 Å². The van der Waals surface area contributed by atoms with Crippen LogP contribution in [0.5, 0.6) is 0 Å². The van der Waals surface area contributed by atoms with Gasteiger partial charge in [0.1, 0.15) is 5.69 Å². The highest BCUT2D eigenvalue weighted by molar-refractivity contribution is 5.84. The minimum Gasteiger partial charge on any atom is -0.452 e. The maximum Gasteiger partial charge on any atom is 0.416 e. The van der Waals surface area contributed by atoms with Crippen LogP contribution in [-0.2, 0) is 20.5 Å². The summed E-state index contributed by atoms with van der Waals surface area (Å²) >= 11 is 0. The Morgan fingerprint density at radius 2 is 1.77 bits per heavy atom. The van der Waals surface area contributed by atoms with E-state index in [0.29, 0.717) is 32.0 Å². The van der Waals surface area contributed by atoms with E-state index in [-0.39, 0.29) is 24.7 Å². The summed E-state index contributed by atoms with van der Waals surface area (Å²) < 4.78 is 44.0. The van der Waals surface area contributed by atoms with Gasteiger partial charge in [-0.05, 0) is 44.7 Å². The van der Waals surface area contributed by atoms with Crippen LogP contribution in [0.4, 0.5) is 24.5 Å². The molecule has 1 aromatic rings. The summed E-state index contributed by atoms with van der Waals surface area (Å²) in [5.74, 6) is -1.19. The molecule has 0 spiro atoms. The zero-order valence-electron chi connectivity index (χ0n) is 17.1. The standard InChI is InChI=1S/C20H24F3N3O5/c1-13(18(27)25-8-2-3-9-25)31-19(28)14-6-10-24(11-7-14)16-5-4-15(20(21,22)23)12-17(16)26(29)30/h4-5,12-14H,2-3,6-11H2,1H3. The van der Waals surface area contributed by atoms with E-state index in [4.69, 9.17) is 4.74 Å². The van der Waals surface area contributed by atoms with Crippen molar-refractivity contribution in [3.8, 4) is 0 Å². The van der Waals surface area contributed by atoms with Crippen LogP contribution in [0, 0.1) is 16.0 Å². The number of halogens is 3. The lowest BCUT2D eigenvalue weighted by molar-refractivity contribution is -0.384. The third-order valence-electron chi connectivity index (χ3n) is 5.73. The average molecular weight is 443 g/mol. The minimum absolute atomic E-state index is 0.0856. The lowest BCUT2D eigenvalue weighted by Crippen LogP contribution is -2.41. The monoisotopic (exact) mass is 443 g/mol. The first-order valence-corrected chi connectivity index (χ1v) is 10.2. The molecule has 2 fully saturated rings. The highest BCUT2D eigenvalue weighted by atomic mass is 19.4. The number of hydrogen-bond acceptors (Lipinski definition) is 6. The summed E-state index contributed by atoms with van der Waals surface area (Å²) in [5.41, 5.74) is -1.62. The number of ether oxygens (including phenoxy) is 1. The fourth-order valence-electron chi connectivity index (χ4n) is 3.98. The number of amides is 1. The molecule has 0 saturated carbocycles. The molecule has 0 bridgehead atoms. The predicted molar refractivity (Wildman–Crippen MR) is 104 cm³/mol. The number of carbonyl (C=O) groups excluding carboxylic acids is 2. The van der Waals surface area contributed by atoms with E-state index in [0.717, 1.165) is 25.0 Å². The van der Waals surface area contributed by atoms with Gasteiger partial charge >= 0.3 is 12.1 Å². The van der Waals surface area contributed by atoms with Gasteiger partial charge in [0.2, 0.25) is 0 Å². The summed E-state index contributed by atoms with van der Waals surface area (Å²) in [7, 11) is 0. The van der Waals surface area contributed by atoms with Crippen LogP contribution in [0.2, 0.25) is 0 Å². The van der Waals surface area contributed by atoms with Crippen molar-refractivity contribution in [3.05, 3.63) is 33.9 Å². The summed E-state index contributed by atoms with van der Waals surface area (Å²) in [6.07, 6.45) is -3.05. The second-order valence-corrected chi connectivity index (χ2v) is 7.83. The third kappa shape index (κ3) is 5.26. The highest BCUT2D eigenvalue weighted by Crippen LogP contribution is 2.37. The van der Waals surface area contributed by atoms with E-state index in [1.807, 2.05) is 0 Å². The Labute approximate surface area is 177 Å². The van der Waals surface area contributed by atoms with Crippen molar-refractivity contribution >= 4 is 23.3 Å². The van der Waals surface area contributed by atoms with E-state index in [9.17, 15) is 32.9 Å². The Morgan fingerprint density at radius 3 is 2.32 bits per heavy atom. The number of benzene rings is 1. The number of nitro groups is 1. The Bertz CT molecular complexity index is 847. The smallest absolute Gasteiger partial charge is 0.416 e. The Morgan fingerprint density at radius 1 is 1.16 bits per heavy atom. The van der Waals surface area contributed by atoms with Crippen LogP contribution in [0.25, 0.3) is 0 Å². The number of alkyl halides is 3. The normalized spacial score (nSPS) is 18.7. The molecule has 2 aliphatic rings. The van der Waals surface area contributed by atoms with Gasteiger partial charge in [-0.25, -0.2) is 0 Å². The average Bonchev–Trinajstić information content (AvgIpc) is 3.27. The van der Waals surface area contributed by atoms with Crippen molar-refractivity contribution in [3.63, 3.8) is 0 Å². The highest BCUT2D eigenvalue weighted by Gasteiger charge is 2.35. The SMILES string of the molecule is CC(OC(=O)C1CCN(c2ccc(C(F)(F)F)cc2[N+](=O)[O-])CC1)C(=O)N1CCCC1. The molecule has 1 amide bonds. The molecular weight excluding hydrogens is 419 g/mol. The van der Waals surface area contributed by atoms with Crippen LogP contribution in [0.15, 0.2) is 18.2 Å². The molecule has 1 unspecified atom stereocenters. The molecule has 2 heterocycles. The number of nitro benzene ring substituents is 1. The maximum absolute atomic E-state index is 12.9. The molecule has 1 aromatic carbocycles. The van der Waals surface area contributed by atoms with Gasteiger partial charge in [-0.2, -0.15) is 13.2 Å². The summed E-state index contributed by atoms with van der Waals surface area (Å²) in [4.78, 5) is 38.5. The van der Waals surface area contributed by atoms with Crippen LogP contribution in [-0.4, -0.2) is 54.0 Å².